The molecule has 53 heavy (non-hydrogen) atoms. The summed E-state index contributed by atoms with van der Waals surface area (Å²) >= 11 is 8.29. The van der Waals surface area contributed by atoms with Gasteiger partial charge in [-0.1, -0.05) is 62.4 Å². The predicted octanol–water partition coefficient (Wildman–Crippen LogP) is 10.2. The molecule has 1 aliphatic heterocycles. The van der Waals surface area contributed by atoms with Crippen molar-refractivity contribution in [3.63, 3.8) is 0 Å². The van der Waals surface area contributed by atoms with Crippen molar-refractivity contribution in [2.45, 2.75) is 101 Å². The van der Waals surface area contributed by atoms with E-state index >= 15 is 0 Å². The molecule has 0 saturated heterocycles. The summed E-state index contributed by atoms with van der Waals surface area (Å²) in [6.45, 7) is 14.1. The minimum Gasteiger partial charge on any atom is -0.490 e. The van der Waals surface area contributed by atoms with E-state index in [0.717, 1.165) is 72.6 Å². The van der Waals surface area contributed by atoms with Gasteiger partial charge in [-0.25, -0.2) is 14.8 Å². The molecule has 284 valence electrons. The number of anilines is 1. The number of nitrogens with zero attached hydrogens (tertiary/aromatic N) is 3. The molecule has 1 spiro atoms. The Morgan fingerprint density at radius 3 is 2.60 bits per heavy atom. The van der Waals surface area contributed by atoms with Crippen LogP contribution >= 0.6 is 23.4 Å². The van der Waals surface area contributed by atoms with Crippen molar-refractivity contribution in [1.82, 2.24) is 9.97 Å². The quantitative estimate of drug-likeness (QED) is 0.0627. The molecule has 2 heterocycles. The van der Waals surface area contributed by atoms with E-state index in [4.69, 9.17) is 25.5 Å². The highest BCUT2D eigenvalue weighted by Gasteiger charge is 2.47. The first-order valence-corrected chi connectivity index (χ1v) is 23.8. The van der Waals surface area contributed by atoms with Crippen LogP contribution in [0, 0.1) is 23.7 Å². The maximum absolute atomic E-state index is 12.8. The lowest BCUT2D eigenvalue weighted by Gasteiger charge is -2.48. The zero-order valence-electron chi connectivity index (χ0n) is 32.3. The molecule has 3 aliphatic carbocycles. The first kappa shape index (κ1) is 38.4. The van der Waals surface area contributed by atoms with E-state index in [1.165, 1.54) is 31.1 Å². The van der Waals surface area contributed by atoms with Crippen molar-refractivity contribution >= 4 is 43.3 Å². The highest BCUT2D eigenvalue weighted by Crippen LogP contribution is 2.49. The van der Waals surface area contributed by atoms with Crippen LogP contribution in [0.1, 0.15) is 80.8 Å². The molecule has 1 aromatic heterocycles. The van der Waals surface area contributed by atoms with Gasteiger partial charge in [0.1, 0.15) is 5.75 Å². The number of aromatic nitrogens is 2. The van der Waals surface area contributed by atoms with Crippen molar-refractivity contribution in [3.05, 3.63) is 88.7 Å². The Morgan fingerprint density at radius 1 is 1.11 bits per heavy atom. The lowest BCUT2D eigenvalue weighted by Crippen LogP contribution is -2.52. The largest absolute Gasteiger partial charge is 0.490 e. The fourth-order valence-electron chi connectivity index (χ4n) is 8.53. The summed E-state index contributed by atoms with van der Waals surface area (Å²) in [6.07, 6.45) is 16.6. The summed E-state index contributed by atoms with van der Waals surface area (Å²) in [5.74, 6) is 3.58. The molecule has 2 fully saturated rings. The molecule has 2 saturated carbocycles. The molecule has 6 atom stereocenters. The molecule has 0 amide bonds. The minimum atomic E-state index is -2.07. The number of ether oxygens (including phenoxy) is 2. The summed E-state index contributed by atoms with van der Waals surface area (Å²) in [7, 11) is -0.626. The summed E-state index contributed by atoms with van der Waals surface area (Å²) in [6, 6.07) is 14.1. The summed E-state index contributed by atoms with van der Waals surface area (Å²) in [4.78, 5) is 24.2. The smallest absolute Gasteiger partial charge is 0.337 e. The van der Waals surface area contributed by atoms with Crippen molar-refractivity contribution in [2.75, 3.05) is 37.5 Å². The fourth-order valence-corrected chi connectivity index (χ4v) is 11.1. The zero-order chi connectivity index (χ0) is 37.4. The topological polar surface area (TPSA) is 73.8 Å². The summed E-state index contributed by atoms with van der Waals surface area (Å²) in [5, 5.41) is 1.76. The molecule has 3 aromatic rings. The fraction of sp³-hybridized carbons (Fsp3) is 0.558. The standard InChI is InChI=1S/C43H56ClN3O4SSi/c1-42(2,3)53(5,6)51-38(18-13-29-10-11-33(29)26-52-41-45-21-8-22-46-41)35-16-12-32(35)25-47-27-43(20-7-9-30-23-34(44)15-17-36(30)43)28-50-39-19-14-31(24-37(39)47)40(48)49-4/h8,13-15,17-19,21-24,29,32-33,35,38H,7,9-12,16,20,25-28H2,1-6H3/b18-13+/t29-,32+,33-,35-,38?,43+/m1/s1. The van der Waals surface area contributed by atoms with E-state index in [2.05, 4.69) is 73.0 Å². The van der Waals surface area contributed by atoms with Gasteiger partial charge in [-0.2, -0.15) is 0 Å². The third-order valence-corrected chi connectivity index (χ3v) is 18.8. The second-order valence-corrected chi connectivity index (χ2v) is 23.5. The number of allylic oxidation sites excluding steroid dienone is 1. The van der Waals surface area contributed by atoms with E-state index in [0.29, 0.717) is 35.8 Å². The van der Waals surface area contributed by atoms with Crippen LogP contribution < -0.4 is 9.64 Å². The lowest BCUT2D eigenvalue weighted by molar-refractivity contribution is 0.0519. The minimum absolute atomic E-state index is 0.0663. The number of fused-ring (bicyclic) bond motifs is 3. The normalized spacial score (nSPS) is 26.1. The first-order valence-electron chi connectivity index (χ1n) is 19.5. The second-order valence-electron chi connectivity index (χ2n) is 17.4. The van der Waals surface area contributed by atoms with Crippen LogP contribution in [0.25, 0.3) is 0 Å². The number of methoxy groups -OCH3 is 1. The number of hydrogen-bond acceptors (Lipinski definition) is 8. The van der Waals surface area contributed by atoms with Gasteiger partial charge in [0, 0.05) is 41.7 Å². The number of halogens is 1. The van der Waals surface area contributed by atoms with Crippen LogP contribution in [0.2, 0.25) is 23.2 Å². The maximum atomic E-state index is 12.8. The average molecular weight is 775 g/mol. The van der Waals surface area contributed by atoms with Gasteiger partial charge in [-0.3, -0.25) is 0 Å². The lowest BCUT2D eigenvalue weighted by atomic mass is 9.68. The molecule has 0 bridgehead atoms. The van der Waals surface area contributed by atoms with E-state index in [-0.39, 0.29) is 22.5 Å². The van der Waals surface area contributed by atoms with E-state index in [9.17, 15) is 4.79 Å². The summed E-state index contributed by atoms with van der Waals surface area (Å²) < 4.78 is 19.2. The Hall–Kier alpha value is -2.85. The number of carbonyl (C=O) groups is 1. The maximum Gasteiger partial charge on any atom is 0.337 e. The molecule has 1 unspecified atom stereocenters. The number of thioether (sulfide) groups is 1. The van der Waals surface area contributed by atoms with Crippen molar-refractivity contribution in [3.8, 4) is 5.75 Å². The van der Waals surface area contributed by atoms with E-state index in [1.807, 2.05) is 42.7 Å². The van der Waals surface area contributed by atoms with Gasteiger partial charge in [0.2, 0.25) is 0 Å². The van der Waals surface area contributed by atoms with E-state index in [1.54, 1.807) is 11.8 Å². The van der Waals surface area contributed by atoms with Gasteiger partial charge in [-0.05, 0) is 134 Å². The zero-order valence-corrected chi connectivity index (χ0v) is 34.8. The van der Waals surface area contributed by atoms with Crippen LogP contribution in [0.15, 0.2) is 72.2 Å². The van der Waals surface area contributed by atoms with Crippen molar-refractivity contribution in [1.29, 1.82) is 0 Å². The van der Waals surface area contributed by atoms with Gasteiger partial charge in [0.05, 0.1) is 31.1 Å². The van der Waals surface area contributed by atoms with Crippen LogP contribution in [0.5, 0.6) is 5.75 Å². The molecular formula is C43H56ClN3O4SSi. The number of rotatable bonds is 11. The number of esters is 1. The third-order valence-electron chi connectivity index (χ3n) is 13.0. The molecule has 10 heteroatoms. The molecular weight excluding hydrogens is 718 g/mol. The number of hydrogen-bond donors (Lipinski definition) is 0. The van der Waals surface area contributed by atoms with Gasteiger partial charge in [-0.15, -0.1) is 0 Å². The third kappa shape index (κ3) is 8.24. The second kappa shape index (κ2) is 15.7. The van der Waals surface area contributed by atoms with E-state index < -0.39 is 8.32 Å². The molecule has 4 aliphatic rings. The highest BCUT2D eigenvalue weighted by molar-refractivity contribution is 7.99. The number of benzene rings is 2. The summed E-state index contributed by atoms with van der Waals surface area (Å²) in [5.41, 5.74) is 4.02. The molecule has 2 aromatic carbocycles. The molecule has 0 radical (unpaired) electrons. The van der Waals surface area contributed by atoms with Crippen molar-refractivity contribution in [2.24, 2.45) is 23.7 Å². The number of aryl methyl sites for hydroxylation is 1. The Labute approximate surface area is 326 Å². The molecule has 7 rings (SSSR count). The van der Waals surface area contributed by atoms with Gasteiger partial charge < -0.3 is 18.8 Å². The van der Waals surface area contributed by atoms with Gasteiger partial charge in [0.15, 0.2) is 13.5 Å². The Bertz CT molecular complexity index is 1800. The van der Waals surface area contributed by atoms with Gasteiger partial charge in [0.25, 0.3) is 0 Å². The highest BCUT2D eigenvalue weighted by atomic mass is 35.5. The van der Waals surface area contributed by atoms with Crippen LogP contribution in [0.4, 0.5) is 5.69 Å². The average Bonchev–Trinajstić information content (AvgIpc) is 3.25. The Balaban J connectivity index is 1.16. The Morgan fingerprint density at radius 2 is 1.91 bits per heavy atom. The molecule has 7 nitrogen and oxygen atoms in total. The van der Waals surface area contributed by atoms with Gasteiger partial charge >= 0.3 is 5.97 Å². The Kier molecular flexibility index (Phi) is 11.4. The SMILES string of the molecule is COC(=O)c1ccc2c(c1)N(C[C@@H]1CC[C@H]1C(/C=C/[C@H]1CC[C@@H]1CSc1ncccn1)O[Si](C)(C)C(C)(C)C)C[C@@]1(CCCc3cc(Cl)ccc31)CO2. The predicted molar refractivity (Wildman–Crippen MR) is 218 cm³/mol. The van der Waals surface area contributed by atoms with Crippen molar-refractivity contribution < 1.29 is 18.7 Å². The first-order chi connectivity index (χ1) is 25.4. The van der Waals surface area contributed by atoms with Crippen LogP contribution in [-0.4, -0.2) is 62.9 Å². The van der Waals surface area contributed by atoms with Crippen LogP contribution in [-0.2, 0) is 21.0 Å². The molecule has 0 N–H and O–H groups in total. The number of carbonyl (C=O) groups excluding carboxylic acids is 1. The van der Waals surface area contributed by atoms with Crippen LogP contribution in [0.3, 0.4) is 0 Å². The monoisotopic (exact) mass is 773 g/mol.